The van der Waals surface area contributed by atoms with Crippen molar-refractivity contribution < 1.29 is 5.11 Å². The first kappa shape index (κ1) is 13.2. The van der Waals surface area contributed by atoms with Gasteiger partial charge in [0, 0.05) is 6.54 Å². The van der Waals surface area contributed by atoms with Crippen LogP contribution in [0.15, 0.2) is 30.3 Å². The minimum absolute atomic E-state index is 0.171. The fourth-order valence-corrected chi connectivity index (χ4v) is 1.80. The molecule has 1 unspecified atom stereocenters. The summed E-state index contributed by atoms with van der Waals surface area (Å²) in [6, 6.07) is 10.5. The molecule has 0 fully saturated rings. The summed E-state index contributed by atoms with van der Waals surface area (Å²) in [5.74, 6) is 0. The Labute approximate surface area is 98.9 Å². The lowest BCUT2D eigenvalue weighted by atomic mass is 10.2. The van der Waals surface area contributed by atoms with Crippen molar-refractivity contribution in [2.75, 3.05) is 13.1 Å². The lowest BCUT2D eigenvalue weighted by Gasteiger charge is -2.20. The van der Waals surface area contributed by atoms with Gasteiger partial charge in [-0.05, 0) is 38.4 Å². The van der Waals surface area contributed by atoms with Crippen LogP contribution >= 0.6 is 0 Å². The third kappa shape index (κ3) is 5.29. The first-order chi connectivity index (χ1) is 7.72. The van der Waals surface area contributed by atoms with E-state index in [9.17, 15) is 5.11 Å². The number of hydrogen-bond acceptors (Lipinski definition) is 2. The number of hydrogen-bond donors (Lipinski definition) is 1. The maximum absolute atomic E-state index is 9.21. The van der Waals surface area contributed by atoms with Crippen molar-refractivity contribution in [1.82, 2.24) is 4.90 Å². The standard InChI is InChI=1S/C14H23NO/c1-3-15(11-7-8-13(2)16)12-14-9-5-4-6-10-14/h4-6,9-10,13,16H,3,7-8,11-12H2,1-2H3. The van der Waals surface area contributed by atoms with E-state index in [0.717, 1.165) is 32.5 Å². The predicted molar refractivity (Wildman–Crippen MR) is 68.3 cm³/mol. The molecule has 0 spiro atoms. The van der Waals surface area contributed by atoms with Gasteiger partial charge in [0.05, 0.1) is 6.10 Å². The van der Waals surface area contributed by atoms with Crippen molar-refractivity contribution in [3.05, 3.63) is 35.9 Å². The van der Waals surface area contributed by atoms with Crippen molar-refractivity contribution in [1.29, 1.82) is 0 Å². The van der Waals surface area contributed by atoms with Crippen LogP contribution in [-0.4, -0.2) is 29.2 Å². The quantitative estimate of drug-likeness (QED) is 0.765. The molecule has 0 bridgehead atoms. The molecule has 0 aliphatic heterocycles. The monoisotopic (exact) mass is 221 g/mol. The van der Waals surface area contributed by atoms with E-state index in [2.05, 4.69) is 36.1 Å². The van der Waals surface area contributed by atoms with Gasteiger partial charge in [0.15, 0.2) is 0 Å². The molecule has 0 aromatic heterocycles. The number of aliphatic hydroxyl groups excluding tert-OH is 1. The van der Waals surface area contributed by atoms with E-state index in [-0.39, 0.29) is 6.10 Å². The number of rotatable bonds is 7. The zero-order chi connectivity index (χ0) is 11.8. The molecule has 0 heterocycles. The first-order valence-electron chi connectivity index (χ1n) is 6.16. The van der Waals surface area contributed by atoms with Gasteiger partial charge in [0.1, 0.15) is 0 Å². The highest BCUT2D eigenvalue weighted by Crippen LogP contribution is 2.06. The second-order valence-corrected chi connectivity index (χ2v) is 4.35. The highest BCUT2D eigenvalue weighted by Gasteiger charge is 2.04. The van der Waals surface area contributed by atoms with Gasteiger partial charge < -0.3 is 5.11 Å². The molecule has 1 aromatic rings. The molecule has 0 aliphatic carbocycles. The number of benzene rings is 1. The molecule has 1 atom stereocenters. The van der Waals surface area contributed by atoms with Crippen molar-refractivity contribution in [2.45, 2.75) is 39.3 Å². The zero-order valence-corrected chi connectivity index (χ0v) is 10.4. The zero-order valence-electron chi connectivity index (χ0n) is 10.4. The molecular weight excluding hydrogens is 198 g/mol. The summed E-state index contributed by atoms with van der Waals surface area (Å²) in [5.41, 5.74) is 1.36. The van der Waals surface area contributed by atoms with Crippen molar-refractivity contribution in [3.63, 3.8) is 0 Å². The van der Waals surface area contributed by atoms with Crippen LogP contribution in [-0.2, 0) is 6.54 Å². The molecule has 1 rings (SSSR count). The SMILES string of the molecule is CCN(CCCC(C)O)Cc1ccccc1. The second-order valence-electron chi connectivity index (χ2n) is 4.35. The highest BCUT2D eigenvalue weighted by molar-refractivity contribution is 5.14. The van der Waals surface area contributed by atoms with Gasteiger partial charge in [0.2, 0.25) is 0 Å². The smallest absolute Gasteiger partial charge is 0.0512 e. The van der Waals surface area contributed by atoms with E-state index >= 15 is 0 Å². The van der Waals surface area contributed by atoms with E-state index < -0.39 is 0 Å². The van der Waals surface area contributed by atoms with E-state index in [0.29, 0.717) is 0 Å². The van der Waals surface area contributed by atoms with Crippen LogP contribution in [0.3, 0.4) is 0 Å². The van der Waals surface area contributed by atoms with Crippen LogP contribution in [0, 0.1) is 0 Å². The molecule has 0 amide bonds. The summed E-state index contributed by atoms with van der Waals surface area (Å²) in [6.45, 7) is 7.18. The molecule has 90 valence electrons. The maximum atomic E-state index is 9.21. The minimum atomic E-state index is -0.171. The van der Waals surface area contributed by atoms with E-state index in [1.807, 2.05) is 13.0 Å². The van der Waals surface area contributed by atoms with Crippen LogP contribution in [0.25, 0.3) is 0 Å². The van der Waals surface area contributed by atoms with Gasteiger partial charge >= 0.3 is 0 Å². The van der Waals surface area contributed by atoms with Crippen LogP contribution in [0.1, 0.15) is 32.3 Å². The molecule has 0 saturated carbocycles. The Morgan fingerprint density at radius 2 is 1.94 bits per heavy atom. The lowest BCUT2D eigenvalue weighted by molar-refractivity contribution is 0.170. The predicted octanol–water partition coefficient (Wildman–Crippen LogP) is 2.67. The fourth-order valence-electron chi connectivity index (χ4n) is 1.80. The first-order valence-corrected chi connectivity index (χ1v) is 6.16. The van der Waals surface area contributed by atoms with E-state index in [1.165, 1.54) is 5.56 Å². The lowest BCUT2D eigenvalue weighted by Crippen LogP contribution is -2.24. The number of nitrogens with zero attached hydrogens (tertiary/aromatic N) is 1. The minimum Gasteiger partial charge on any atom is -0.393 e. The molecule has 2 nitrogen and oxygen atoms in total. The van der Waals surface area contributed by atoms with Crippen molar-refractivity contribution in [3.8, 4) is 0 Å². The molecule has 0 radical (unpaired) electrons. The van der Waals surface area contributed by atoms with Crippen LogP contribution in [0.4, 0.5) is 0 Å². The maximum Gasteiger partial charge on any atom is 0.0512 e. The third-order valence-corrected chi connectivity index (χ3v) is 2.79. The Balaban J connectivity index is 2.32. The fraction of sp³-hybridized carbons (Fsp3) is 0.571. The normalized spacial score (nSPS) is 13.0. The van der Waals surface area contributed by atoms with Crippen LogP contribution in [0.2, 0.25) is 0 Å². The molecular formula is C14H23NO. The molecule has 1 N–H and O–H groups in total. The Morgan fingerprint density at radius 3 is 2.50 bits per heavy atom. The van der Waals surface area contributed by atoms with Crippen molar-refractivity contribution in [2.24, 2.45) is 0 Å². The van der Waals surface area contributed by atoms with Gasteiger partial charge in [0.25, 0.3) is 0 Å². The van der Waals surface area contributed by atoms with Gasteiger partial charge in [-0.25, -0.2) is 0 Å². The topological polar surface area (TPSA) is 23.5 Å². The summed E-state index contributed by atoms with van der Waals surface area (Å²) in [6.07, 6.45) is 1.79. The summed E-state index contributed by atoms with van der Waals surface area (Å²) >= 11 is 0. The van der Waals surface area contributed by atoms with Crippen molar-refractivity contribution >= 4 is 0 Å². The van der Waals surface area contributed by atoms with Crippen LogP contribution in [0.5, 0.6) is 0 Å². The summed E-state index contributed by atoms with van der Waals surface area (Å²) in [7, 11) is 0. The molecule has 16 heavy (non-hydrogen) atoms. The summed E-state index contributed by atoms with van der Waals surface area (Å²) in [4.78, 5) is 2.41. The highest BCUT2D eigenvalue weighted by atomic mass is 16.3. The summed E-state index contributed by atoms with van der Waals surface area (Å²) < 4.78 is 0. The van der Waals surface area contributed by atoms with Gasteiger partial charge in [-0.2, -0.15) is 0 Å². The second kappa shape index (κ2) is 7.42. The summed E-state index contributed by atoms with van der Waals surface area (Å²) in [5, 5.41) is 9.21. The number of aliphatic hydroxyl groups is 1. The van der Waals surface area contributed by atoms with Gasteiger partial charge in [-0.3, -0.25) is 4.90 Å². The Kier molecular flexibility index (Phi) is 6.12. The van der Waals surface area contributed by atoms with E-state index in [4.69, 9.17) is 0 Å². The molecule has 1 aromatic carbocycles. The Bertz CT molecular complexity index is 271. The average molecular weight is 221 g/mol. The third-order valence-electron chi connectivity index (χ3n) is 2.79. The van der Waals surface area contributed by atoms with E-state index in [1.54, 1.807) is 0 Å². The molecule has 0 aliphatic rings. The van der Waals surface area contributed by atoms with Gasteiger partial charge in [-0.15, -0.1) is 0 Å². The molecule has 0 saturated heterocycles. The Morgan fingerprint density at radius 1 is 1.25 bits per heavy atom. The molecule has 2 heteroatoms. The van der Waals surface area contributed by atoms with Crippen LogP contribution < -0.4 is 0 Å². The Hall–Kier alpha value is -0.860. The largest absolute Gasteiger partial charge is 0.393 e. The average Bonchev–Trinajstić information content (AvgIpc) is 2.28. The van der Waals surface area contributed by atoms with Gasteiger partial charge in [-0.1, -0.05) is 37.3 Å².